The topological polar surface area (TPSA) is 34.9 Å². The van der Waals surface area contributed by atoms with Crippen LogP contribution >= 0.6 is 23.4 Å². The van der Waals surface area contributed by atoms with Gasteiger partial charge in [-0.25, -0.2) is 0 Å². The molecular weight excluding hydrogens is 340 g/mol. The molecule has 1 heterocycles. The number of halogens is 1. The van der Waals surface area contributed by atoms with E-state index in [1.807, 2.05) is 19.1 Å². The molecule has 0 unspecified atom stereocenters. The third-order valence-electron chi connectivity index (χ3n) is 3.98. The van der Waals surface area contributed by atoms with Crippen LogP contribution in [0.2, 0.25) is 5.02 Å². The van der Waals surface area contributed by atoms with Crippen molar-refractivity contribution < 1.29 is 0 Å². The SMILES string of the molecule is CSc1ccc(-c2cnn(-c3cccc(Cl)c3)c(=O)c2C)cc1C. The lowest BCUT2D eigenvalue weighted by atomic mass is 10.0. The molecule has 24 heavy (non-hydrogen) atoms. The van der Waals surface area contributed by atoms with Crippen LogP contribution in [0.5, 0.6) is 0 Å². The molecule has 0 aliphatic carbocycles. The molecule has 0 spiro atoms. The van der Waals surface area contributed by atoms with Crippen LogP contribution in [-0.4, -0.2) is 16.0 Å². The Morgan fingerprint density at radius 2 is 1.92 bits per heavy atom. The summed E-state index contributed by atoms with van der Waals surface area (Å²) in [6, 6.07) is 13.3. The molecule has 3 aromatic rings. The van der Waals surface area contributed by atoms with Gasteiger partial charge in [0.15, 0.2) is 0 Å². The number of hydrogen-bond acceptors (Lipinski definition) is 3. The summed E-state index contributed by atoms with van der Waals surface area (Å²) in [7, 11) is 0. The molecule has 0 saturated heterocycles. The van der Waals surface area contributed by atoms with Crippen LogP contribution in [0, 0.1) is 13.8 Å². The van der Waals surface area contributed by atoms with Gasteiger partial charge in [0.25, 0.3) is 5.56 Å². The van der Waals surface area contributed by atoms with Crippen LogP contribution in [0.4, 0.5) is 0 Å². The third-order valence-corrected chi connectivity index (χ3v) is 5.11. The summed E-state index contributed by atoms with van der Waals surface area (Å²) in [5, 5.41) is 4.91. The number of rotatable bonds is 3. The Kier molecular flexibility index (Phi) is 4.78. The lowest BCUT2D eigenvalue weighted by Gasteiger charge is -2.11. The average molecular weight is 357 g/mol. The van der Waals surface area contributed by atoms with E-state index in [4.69, 9.17) is 11.6 Å². The molecule has 0 amide bonds. The quantitative estimate of drug-likeness (QED) is 0.626. The molecule has 1 aromatic heterocycles. The summed E-state index contributed by atoms with van der Waals surface area (Å²) in [5.41, 5.74) is 4.25. The van der Waals surface area contributed by atoms with Crippen molar-refractivity contribution in [1.29, 1.82) is 0 Å². The minimum Gasteiger partial charge on any atom is -0.267 e. The Morgan fingerprint density at radius 1 is 1.12 bits per heavy atom. The normalized spacial score (nSPS) is 10.8. The van der Waals surface area contributed by atoms with E-state index in [1.54, 1.807) is 36.2 Å². The second-order valence-corrected chi connectivity index (χ2v) is 6.85. The highest BCUT2D eigenvalue weighted by molar-refractivity contribution is 7.98. The van der Waals surface area contributed by atoms with Crippen molar-refractivity contribution in [3.8, 4) is 16.8 Å². The molecule has 0 N–H and O–H groups in total. The van der Waals surface area contributed by atoms with E-state index in [0.717, 1.165) is 11.1 Å². The highest BCUT2D eigenvalue weighted by Crippen LogP contribution is 2.27. The predicted octanol–water partition coefficient (Wildman–Crippen LogP) is 4.89. The molecule has 0 aliphatic heterocycles. The molecule has 0 bridgehead atoms. The van der Waals surface area contributed by atoms with Gasteiger partial charge in [0.1, 0.15) is 0 Å². The van der Waals surface area contributed by atoms with Gasteiger partial charge < -0.3 is 0 Å². The minimum atomic E-state index is -0.138. The van der Waals surface area contributed by atoms with Crippen molar-refractivity contribution in [3.05, 3.63) is 75.2 Å². The Hall–Kier alpha value is -2.04. The van der Waals surface area contributed by atoms with E-state index in [1.165, 1.54) is 15.1 Å². The number of aryl methyl sites for hydroxylation is 1. The largest absolute Gasteiger partial charge is 0.275 e. The Labute approximate surface area is 150 Å². The summed E-state index contributed by atoms with van der Waals surface area (Å²) in [6.45, 7) is 3.91. The van der Waals surface area contributed by atoms with Crippen molar-refractivity contribution in [1.82, 2.24) is 9.78 Å². The van der Waals surface area contributed by atoms with Gasteiger partial charge in [-0.3, -0.25) is 4.79 Å². The van der Waals surface area contributed by atoms with E-state index in [0.29, 0.717) is 16.3 Å². The standard InChI is InChI=1S/C19H17ClN2OS/c1-12-9-14(7-8-18(12)24-3)17-11-21-22(19(23)13(17)2)16-6-4-5-15(20)10-16/h4-11H,1-3H3. The molecule has 3 nitrogen and oxygen atoms in total. The van der Waals surface area contributed by atoms with Crippen LogP contribution in [0.25, 0.3) is 16.8 Å². The molecule has 0 fully saturated rings. The van der Waals surface area contributed by atoms with Crippen LogP contribution in [-0.2, 0) is 0 Å². The van der Waals surface area contributed by atoms with Gasteiger partial charge in [-0.05, 0) is 55.5 Å². The molecule has 0 aliphatic rings. The van der Waals surface area contributed by atoms with Crippen LogP contribution < -0.4 is 5.56 Å². The Morgan fingerprint density at radius 3 is 2.58 bits per heavy atom. The van der Waals surface area contributed by atoms with E-state index in [9.17, 15) is 4.79 Å². The van der Waals surface area contributed by atoms with Gasteiger partial charge in [-0.2, -0.15) is 9.78 Å². The minimum absolute atomic E-state index is 0.138. The van der Waals surface area contributed by atoms with Crippen LogP contribution in [0.1, 0.15) is 11.1 Å². The number of aromatic nitrogens is 2. The first-order valence-electron chi connectivity index (χ1n) is 7.51. The number of nitrogens with zero attached hydrogens (tertiary/aromatic N) is 2. The molecule has 0 saturated carbocycles. The zero-order chi connectivity index (χ0) is 17.3. The summed E-state index contributed by atoms with van der Waals surface area (Å²) in [4.78, 5) is 14.0. The van der Waals surface area contributed by atoms with Gasteiger partial charge in [0.2, 0.25) is 0 Å². The summed E-state index contributed by atoms with van der Waals surface area (Å²) >= 11 is 7.73. The molecule has 2 aromatic carbocycles. The smallest absolute Gasteiger partial charge is 0.267 e. The highest BCUT2D eigenvalue weighted by atomic mass is 35.5. The first-order chi connectivity index (χ1) is 11.5. The molecular formula is C19H17ClN2OS. The van der Waals surface area contributed by atoms with Gasteiger partial charge >= 0.3 is 0 Å². The van der Waals surface area contributed by atoms with E-state index >= 15 is 0 Å². The molecule has 122 valence electrons. The van der Waals surface area contributed by atoms with Crippen LogP contribution in [0.15, 0.2) is 58.4 Å². The second kappa shape index (κ2) is 6.83. The first-order valence-corrected chi connectivity index (χ1v) is 9.11. The second-order valence-electron chi connectivity index (χ2n) is 5.56. The van der Waals surface area contributed by atoms with Gasteiger partial charge in [0.05, 0.1) is 11.9 Å². The highest BCUT2D eigenvalue weighted by Gasteiger charge is 2.11. The fourth-order valence-corrected chi connectivity index (χ4v) is 3.44. The van der Waals surface area contributed by atoms with Gasteiger partial charge in [-0.1, -0.05) is 29.8 Å². The maximum Gasteiger partial charge on any atom is 0.275 e. The number of hydrogen-bond donors (Lipinski definition) is 0. The van der Waals surface area contributed by atoms with Crippen molar-refractivity contribution in [2.75, 3.05) is 6.26 Å². The summed E-state index contributed by atoms with van der Waals surface area (Å²) in [6.07, 6.45) is 3.80. The van der Waals surface area contributed by atoms with Crippen molar-refractivity contribution in [2.24, 2.45) is 0 Å². The molecule has 3 rings (SSSR count). The Bertz CT molecular complexity index is 966. The first kappa shape index (κ1) is 16.8. The van der Waals surface area contributed by atoms with E-state index in [-0.39, 0.29) is 5.56 Å². The summed E-state index contributed by atoms with van der Waals surface area (Å²) in [5.74, 6) is 0. The molecule has 0 atom stereocenters. The fraction of sp³-hybridized carbons (Fsp3) is 0.158. The number of thioether (sulfide) groups is 1. The predicted molar refractivity (Wildman–Crippen MR) is 102 cm³/mol. The lowest BCUT2D eigenvalue weighted by Crippen LogP contribution is -2.23. The zero-order valence-corrected chi connectivity index (χ0v) is 15.3. The Balaban J connectivity index is 2.11. The van der Waals surface area contributed by atoms with E-state index < -0.39 is 0 Å². The number of benzene rings is 2. The van der Waals surface area contributed by atoms with Crippen LogP contribution in [0.3, 0.4) is 0 Å². The monoisotopic (exact) mass is 356 g/mol. The molecule has 0 radical (unpaired) electrons. The van der Waals surface area contributed by atoms with Crippen molar-refractivity contribution in [2.45, 2.75) is 18.7 Å². The van der Waals surface area contributed by atoms with Gasteiger partial charge in [-0.15, -0.1) is 11.8 Å². The van der Waals surface area contributed by atoms with Gasteiger partial charge in [0, 0.05) is 21.0 Å². The third kappa shape index (κ3) is 3.12. The summed E-state index contributed by atoms with van der Waals surface area (Å²) < 4.78 is 1.38. The maximum atomic E-state index is 12.7. The fourth-order valence-electron chi connectivity index (χ4n) is 2.67. The van der Waals surface area contributed by atoms with Crippen molar-refractivity contribution >= 4 is 23.4 Å². The maximum absolute atomic E-state index is 12.7. The van der Waals surface area contributed by atoms with Crippen molar-refractivity contribution in [3.63, 3.8) is 0 Å². The average Bonchev–Trinajstić information content (AvgIpc) is 2.57. The lowest BCUT2D eigenvalue weighted by molar-refractivity contribution is 0.799. The van der Waals surface area contributed by atoms with E-state index in [2.05, 4.69) is 30.4 Å². The molecule has 5 heteroatoms. The zero-order valence-electron chi connectivity index (χ0n) is 13.7.